The quantitative estimate of drug-likeness (QED) is 0.772. The molecule has 3 rings (SSSR count). The van der Waals surface area contributed by atoms with E-state index in [2.05, 4.69) is 57.2 Å². The molecule has 1 heteroatoms. The van der Waals surface area contributed by atoms with Gasteiger partial charge in [0, 0.05) is 11.3 Å². The molecule has 0 saturated heterocycles. The molecule has 2 aromatic carbocycles. The van der Waals surface area contributed by atoms with Crippen molar-refractivity contribution in [3.8, 4) is 11.1 Å². The fraction of sp³-hybridized carbons (Fsp3) is 0.381. The largest absolute Gasteiger partial charge is 0.300 e. The highest BCUT2D eigenvalue weighted by molar-refractivity contribution is 5.82. The Bertz CT molecular complexity index is 752. The van der Waals surface area contributed by atoms with E-state index in [-0.39, 0.29) is 17.1 Å². The molecule has 1 aliphatic carbocycles. The zero-order chi connectivity index (χ0) is 16.1. The van der Waals surface area contributed by atoms with Gasteiger partial charge in [-0.25, -0.2) is 0 Å². The zero-order valence-electron chi connectivity index (χ0n) is 14.2. The number of aryl methyl sites for hydroxylation is 1. The molecule has 0 heterocycles. The first-order valence-corrected chi connectivity index (χ1v) is 8.06. The summed E-state index contributed by atoms with van der Waals surface area (Å²) in [5.74, 6) is 0.349. The highest BCUT2D eigenvalue weighted by Gasteiger charge is 2.35. The fourth-order valence-corrected chi connectivity index (χ4v) is 3.59. The van der Waals surface area contributed by atoms with Crippen LogP contribution in [0.15, 0.2) is 36.4 Å². The van der Waals surface area contributed by atoms with Gasteiger partial charge in [0.2, 0.25) is 0 Å². The Kier molecular flexibility index (Phi) is 3.47. The third kappa shape index (κ3) is 2.20. The summed E-state index contributed by atoms with van der Waals surface area (Å²) < 4.78 is 0. The molecule has 0 spiro atoms. The minimum atomic E-state index is 0.0570. The summed E-state index contributed by atoms with van der Waals surface area (Å²) in [5, 5.41) is 0. The van der Waals surface area contributed by atoms with Crippen LogP contribution in [0.1, 0.15) is 49.9 Å². The molecular formula is C21H24O. The van der Waals surface area contributed by atoms with Crippen LogP contribution in [0.4, 0.5) is 0 Å². The first-order chi connectivity index (χ1) is 10.3. The molecule has 22 heavy (non-hydrogen) atoms. The lowest BCUT2D eigenvalue weighted by Gasteiger charge is -2.22. The van der Waals surface area contributed by atoms with Gasteiger partial charge in [0.1, 0.15) is 5.78 Å². The van der Waals surface area contributed by atoms with Crippen LogP contribution in [0.5, 0.6) is 0 Å². The van der Waals surface area contributed by atoms with Crippen LogP contribution in [0.3, 0.4) is 0 Å². The van der Waals surface area contributed by atoms with Crippen molar-refractivity contribution in [1.82, 2.24) is 0 Å². The monoisotopic (exact) mass is 292 g/mol. The molecule has 0 bridgehead atoms. The van der Waals surface area contributed by atoms with Gasteiger partial charge in [-0.15, -0.1) is 0 Å². The predicted molar refractivity (Wildman–Crippen MR) is 92.3 cm³/mol. The number of hydrogen-bond acceptors (Lipinski definition) is 1. The van der Waals surface area contributed by atoms with E-state index in [0.29, 0.717) is 0 Å². The third-order valence-electron chi connectivity index (χ3n) is 5.26. The second-order valence-corrected chi connectivity index (χ2v) is 7.21. The molecular weight excluding hydrogens is 268 g/mol. The Morgan fingerprint density at radius 2 is 1.77 bits per heavy atom. The summed E-state index contributed by atoms with van der Waals surface area (Å²) in [6, 6.07) is 13.3. The Morgan fingerprint density at radius 3 is 2.45 bits per heavy atom. The molecule has 0 fully saturated rings. The van der Waals surface area contributed by atoms with Crippen molar-refractivity contribution in [3.63, 3.8) is 0 Å². The first kappa shape index (κ1) is 15.0. The normalized spacial score (nSPS) is 16.0. The van der Waals surface area contributed by atoms with Gasteiger partial charge in [-0.2, -0.15) is 0 Å². The van der Waals surface area contributed by atoms with E-state index in [1.54, 1.807) is 6.92 Å². The van der Waals surface area contributed by atoms with Crippen LogP contribution < -0.4 is 0 Å². The van der Waals surface area contributed by atoms with Crippen LogP contribution >= 0.6 is 0 Å². The molecule has 0 N–H and O–H groups in total. The number of ketones is 1. The summed E-state index contributed by atoms with van der Waals surface area (Å²) in [4.78, 5) is 11.6. The van der Waals surface area contributed by atoms with E-state index in [1.165, 1.54) is 33.4 Å². The van der Waals surface area contributed by atoms with E-state index < -0.39 is 0 Å². The second kappa shape index (κ2) is 5.08. The molecule has 2 aromatic rings. The molecule has 0 radical (unpaired) electrons. The molecule has 0 saturated carbocycles. The standard InChI is InChI=1S/C21H24O/c1-13(15(3)22)10-16-12-18-17-8-6-7-9-19(17)21(4,5)20(18)11-14(16)2/h6-9,11-13H,10H2,1-5H3. The van der Waals surface area contributed by atoms with Crippen LogP contribution in [0, 0.1) is 12.8 Å². The minimum absolute atomic E-state index is 0.0570. The number of fused-ring (bicyclic) bond motifs is 3. The van der Waals surface area contributed by atoms with Crippen molar-refractivity contribution in [3.05, 3.63) is 58.7 Å². The summed E-state index contributed by atoms with van der Waals surface area (Å²) in [5.41, 5.74) is 8.16. The number of carbonyl (C=O) groups excluding carboxylic acids is 1. The van der Waals surface area contributed by atoms with Gasteiger partial charge in [-0.3, -0.25) is 4.79 Å². The highest BCUT2D eigenvalue weighted by Crippen LogP contribution is 2.49. The smallest absolute Gasteiger partial charge is 0.132 e. The Balaban J connectivity index is 2.14. The van der Waals surface area contributed by atoms with E-state index in [9.17, 15) is 4.79 Å². The van der Waals surface area contributed by atoms with E-state index in [1.807, 2.05) is 6.92 Å². The van der Waals surface area contributed by atoms with Gasteiger partial charge in [0.25, 0.3) is 0 Å². The van der Waals surface area contributed by atoms with Crippen molar-refractivity contribution < 1.29 is 4.79 Å². The van der Waals surface area contributed by atoms with Crippen LogP contribution in [0.2, 0.25) is 0 Å². The molecule has 1 unspecified atom stereocenters. The molecule has 1 aliphatic rings. The van der Waals surface area contributed by atoms with Gasteiger partial charge >= 0.3 is 0 Å². The van der Waals surface area contributed by atoms with E-state index in [0.717, 1.165) is 6.42 Å². The summed E-state index contributed by atoms with van der Waals surface area (Å²) in [6.07, 6.45) is 0.830. The number of Topliss-reactive ketones (excluding diaryl/α,β-unsaturated/α-hetero) is 1. The molecule has 0 amide bonds. The van der Waals surface area contributed by atoms with Gasteiger partial charge in [0.15, 0.2) is 0 Å². The molecule has 114 valence electrons. The highest BCUT2D eigenvalue weighted by atomic mass is 16.1. The lowest BCUT2D eigenvalue weighted by Crippen LogP contribution is -2.16. The summed E-state index contributed by atoms with van der Waals surface area (Å²) >= 11 is 0. The van der Waals surface area contributed by atoms with Crippen molar-refractivity contribution in [1.29, 1.82) is 0 Å². The topological polar surface area (TPSA) is 17.1 Å². The molecule has 1 atom stereocenters. The average molecular weight is 292 g/mol. The molecule has 1 nitrogen and oxygen atoms in total. The molecule has 0 aromatic heterocycles. The van der Waals surface area contributed by atoms with E-state index in [4.69, 9.17) is 0 Å². The number of hydrogen-bond donors (Lipinski definition) is 0. The molecule has 0 aliphatic heterocycles. The van der Waals surface area contributed by atoms with Crippen LogP contribution in [-0.2, 0) is 16.6 Å². The van der Waals surface area contributed by atoms with Crippen molar-refractivity contribution in [2.75, 3.05) is 0 Å². The minimum Gasteiger partial charge on any atom is -0.300 e. The predicted octanol–water partition coefficient (Wildman–Crippen LogP) is 5.07. The Labute approximate surface area is 133 Å². The zero-order valence-corrected chi connectivity index (χ0v) is 14.2. The van der Waals surface area contributed by atoms with Gasteiger partial charge < -0.3 is 0 Å². The van der Waals surface area contributed by atoms with Gasteiger partial charge in [-0.05, 0) is 53.6 Å². The van der Waals surface area contributed by atoms with Crippen molar-refractivity contribution in [2.45, 2.75) is 46.5 Å². The Morgan fingerprint density at radius 1 is 1.09 bits per heavy atom. The fourth-order valence-electron chi connectivity index (χ4n) is 3.59. The third-order valence-corrected chi connectivity index (χ3v) is 5.26. The lowest BCUT2D eigenvalue weighted by atomic mass is 9.81. The van der Waals surface area contributed by atoms with E-state index >= 15 is 0 Å². The maximum Gasteiger partial charge on any atom is 0.132 e. The average Bonchev–Trinajstić information content (AvgIpc) is 2.68. The first-order valence-electron chi connectivity index (χ1n) is 8.06. The lowest BCUT2D eigenvalue weighted by molar-refractivity contribution is -0.120. The maximum atomic E-state index is 11.6. The SMILES string of the molecule is CC(=O)C(C)Cc1cc2c(cc1C)C(C)(C)c1ccccc1-2. The summed E-state index contributed by atoms with van der Waals surface area (Å²) in [7, 11) is 0. The van der Waals surface area contributed by atoms with Crippen LogP contribution in [0.25, 0.3) is 11.1 Å². The maximum absolute atomic E-state index is 11.6. The number of carbonyl (C=O) groups is 1. The van der Waals surface area contributed by atoms with Gasteiger partial charge in [0.05, 0.1) is 0 Å². The van der Waals surface area contributed by atoms with Crippen LogP contribution in [-0.4, -0.2) is 5.78 Å². The number of benzene rings is 2. The van der Waals surface area contributed by atoms with Crippen molar-refractivity contribution >= 4 is 5.78 Å². The summed E-state index contributed by atoms with van der Waals surface area (Å²) in [6.45, 7) is 10.5. The Hall–Kier alpha value is -1.89. The second-order valence-electron chi connectivity index (χ2n) is 7.21. The number of rotatable bonds is 3. The van der Waals surface area contributed by atoms with Crippen molar-refractivity contribution in [2.24, 2.45) is 5.92 Å². The van der Waals surface area contributed by atoms with Gasteiger partial charge in [-0.1, -0.05) is 57.2 Å².